The van der Waals surface area contributed by atoms with Gasteiger partial charge in [0.25, 0.3) is 11.8 Å². The molecule has 0 aliphatic rings. The van der Waals surface area contributed by atoms with Gasteiger partial charge in [0, 0.05) is 19.3 Å². The maximum Gasteiger partial charge on any atom is 0.325 e. The van der Waals surface area contributed by atoms with Gasteiger partial charge in [-0.05, 0) is 63.1 Å². The number of aromatic nitrogens is 1. The monoisotopic (exact) mass is 573 g/mol. The summed E-state index contributed by atoms with van der Waals surface area (Å²) in [6.07, 6.45) is 1.60. The smallest absolute Gasteiger partial charge is 0.325 e. The lowest BCUT2D eigenvalue weighted by molar-refractivity contribution is -0.142. The molecule has 3 rings (SSSR count). The minimum absolute atomic E-state index is 0.0644. The number of thiophene rings is 1. The molecule has 0 radical (unpaired) electrons. The predicted octanol–water partition coefficient (Wildman–Crippen LogP) is 2.81. The molecular formula is C26H31N5O6S2. The number of hydrogen-bond donors (Lipinski definition) is 3. The maximum absolute atomic E-state index is 13.2. The van der Waals surface area contributed by atoms with Crippen molar-refractivity contribution in [3.8, 4) is 0 Å². The number of amides is 2. The second-order valence-corrected chi connectivity index (χ2v) is 11.4. The lowest BCUT2D eigenvalue weighted by Gasteiger charge is -2.21. The van der Waals surface area contributed by atoms with Gasteiger partial charge in [0.2, 0.25) is 10.0 Å². The zero-order chi connectivity index (χ0) is 28.7. The Balaban J connectivity index is 1.70. The van der Waals surface area contributed by atoms with E-state index in [0.717, 1.165) is 24.0 Å². The van der Waals surface area contributed by atoms with E-state index in [-0.39, 0.29) is 22.2 Å². The summed E-state index contributed by atoms with van der Waals surface area (Å²) in [5, 5.41) is 3.92. The number of pyridine rings is 1. The minimum Gasteiger partial charge on any atom is -0.468 e. The fourth-order valence-corrected chi connectivity index (χ4v) is 6.49. The molecular weight excluding hydrogens is 542 g/mol. The van der Waals surface area contributed by atoms with Gasteiger partial charge >= 0.3 is 5.97 Å². The highest BCUT2D eigenvalue weighted by molar-refractivity contribution is 7.89. The number of carbonyl (C=O) groups excluding carboxylic acids is 3. The third kappa shape index (κ3) is 7.40. The van der Waals surface area contributed by atoms with Crippen LogP contribution in [0.1, 0.15) is 43.0 Å². The number of anilines is 1. The summed E-state index contributed by atoms with van der Waals surface area (Å²) in [4.78, 5) is 42.9. The summed E-state index contributed by atoms with van der Waals surface area (Å²) in [5.74, 6) is -1.29. The van der Waals surface area contributed by atoms with Gasteiger partial charge in [-0.3, -0.25) is 24.8 Å². The maximum atomic E-state index is 13.2. The zero-order valence-corrected chi connectivity index (χ0v) is 23.9. The number of nitrogens with zero attached hydrogens (tertiary/aromatic N) is 2. The van der Waals surface area contributed by atoms with Gasteiger partial charge < -0.3 is 10.1 Å². The standard InChI is InChI=1S/C26H31N5O6S2/c1-6-31(29-22-9-7-8-12-27-22)25(33)21-11-10-20(38-21)24(32)28-15-19(26(34)37-5)30-39(35,36)23-17(3)13-16(2)14-18(23)4/h7-14,19,30H,6,15H2,1-5H3,(H,27,29)(H,28,32). The van der Waals surface area contributed by atoms with E-state index in [1.165, 1.54) is 17.1 Å². The van der Waals surface area contributed by atoms with Crippen LogP contribution in [0.3, 0.4) is 0 Å². The number of nitrogens with one attached hydrogen (secondary N) is 3. The normalized spacial score (nSPS) is 11.9. The molecule has 0 fully saturated rings. The molecule has 1 atom stereocenters. The Morgan fingerprint density at radius 2 is 1.72 bits per heavy atom. The van der Waals surface area contributed by atoms with E-state index in [0.29, 0.717) is 28.4 Å². The molecule has 2 amide bonds. The lowest BCUT2D eigenvalue weighted by Crippen LogP contribution is -2.49. The first kappa shape index (κ1) is 29.7. The molecule has 13 heteroatoms. The summed E-state index contributed by atoms with van der Waals surface area (Å²) in [6.45, 7) is 6.98. The third-order valence-corrected chi connectivity index (χ3v) is 8.49. The summed E-state index contributed by atoms with van der Waals surface area (Å²) >= 11 is 0.966. The lowest BCUT2D eigenvalue weighted by atomic mass is 10.1. The quantitative estimate of drug-likeness (QED) is 0.234. The number of carbonyl (C=O) groups is 3. The highest BCUT2D eigenvalue weighted by Gasteiger charge is 2.29. The van der Waals surface area contributed by atoms with Gasteiger partial charge in [-0.15, -0.1) is 11.3 Å². The Morgan fingerprint density at radius 1 is 1.05 bits per heavy atom. The average molecular weight is 574 g/mol. The molecule has 0 spiro atoms. The molecule has 208 valence electrons. The molecule has 0 aliphatic heterocycles. The molecule has 0 aliphatic carbocycles. The number of methoxy groups -OCH3 is 1. The molecule has 0 saturated carbocycles. The molecule has 0 saturated heterocycles. The van der Waals surface area contributed by atoms with Crippen molar-refractivity contribution in [2.75, 3.05) is 25.6 Å². The first-order valence-electron chi connectivity index (χ1n) is 12.0. The van der Waals surface area contributed by atoms with Crippen molar-refractivity contribution in [1.82, 2.24) is 20.0 Å². The second kappa shape index (κ2) is 12.8. The SMILES string of the molecule is CCN(Nc1ccccn1)C(=O)c1ccc(C(=O)NCC(NS(=O)(=O)c2c(C)cc(C)cc2C)C(=O)OC)s1. The van der Waals surface area contributed by atoms with Crippen molar-refractivity contribution in [3.63, 3.8) is 0 Å². The highest BCUT2D eigenvalue weighted by atomic mass is 32.2. The third-order valence-electron chi connectivity index (χ3n) is 5.64. The van der Waals surface area contributed by atoms with E-state index in [1.807, 2.05) is 6.92 Å². The molecule has 11 nitrogen and oxygen atoms in total. The fraction of sp³-hybridized carbons (Fsp3) is 0.308. The molecule has 3 N–H and O–H groups in total. The van der Waals surface area contributed by atoms with E-state index < -0.39 is 27.9 Å². The van der Waals surface area contributed by atoms with E-state index in [1.54, 1.807) is 57.3 Å². The Hall–Kier alpha value is -3.81. The Bertz CT molecular complexity index is 1430. The average Bonchev–Trinajstić information content (AvgIpc) is 3.39. The number of rotatable bonds is 11. The molecule has 39 heavy (non-hydrogen) atoms. The van der Waals surface area contributed by atoms with Gasteiger partial charge in [-0.2, -0.15) is 4.72 Å². The van der Waals surface area contributed by atoms with Gasteiger partial charge in [-0.1, -0.05) is 23.8 Å². The number of ether oxygens (including phenoxy) is 1. The van der Waals surface area contributed by atoms with Crippen molar-refractivity contribution in [2.24, 2.45) is 0 Å². The van der Waals surface area contributed by atoms with E-state index in [4.69, 9.17) is 4.74 Å². The molecule has 2 heterocycles. The van der Waals surface area contributed by atoms with Crippen molar-refractivity contribution < 1.29 is 27.5 Å². The Kier molecular flexibility index (Phi) is 9.78. The van der Waals surface area contributed by atoms with Gasteiger partial charge in [-0.25, -0.2) is 13.4 Å². The van der Waals surface area contributed by atoms with E-state index in [9.17, 15) is 22.8 Å². The van der Waals surface area contributed by atoms with Crippen LogP contribution in [0.4, 0.5) is 5.82 Å². The Labute approximate surface area is 231 Å². The molecule has 1 aromatic carbocycles. The van der Waals surface area contributed by atoms with Crippen LogP contribution in [0.25, 0.3) is 0 Å². The number of hydrazine groups is 1. The topological polar surface area (TPSA) is 147 Å². The van der Waals surface area contributed by atoms with Gasteiger partial charge in [0.15, 0.2) is 0 Å². The summed E-state index contributed by atoms with van der Waals surface area (Å²) in [6, 6.07) is 10.4. The first-order valence-corrected chi connectivity index (χ1v) is 14.3. The zero-order valence-electron chi connectivity index (χ0n) is 22.3. The number of hydrogen-bond acceptors (Lipinski definition) is 9. The van der Waals surface area contributed by atoms with Gasteiger partial charge in [0.1, 0.15) is 11.9 Å². The van der Waals surface area contributed by atoms with E-state index in [2.05, 4.69) is 20.4 Å². The van der Waals surface area contributed by atoms with Crippen LogP contribution in [0.2, 0.25) is 0 Å². The number of esters is 1. The van der Waals surface area contributed by atoms with Crippen LogP contribution in [-0.4, -0.2) is 62.4 Å². The van der Waals surface area contributed by atoms with Crippen molar-refractivity contribution in [2.45, 2.75) is 38.6 Å². The molecule has 0 bridgehead atoms. The van der Waals surface area contributed by atoms with Crippen LogP contribution in [0, 0.1) is 20.8 Å². The van der Waals surface area contributed by atoms with Gasteiger partial charge in [0.05, 0.1) is 21.8 Å². The first-order chi connectivity index (χ1) is 18.5. The van der Waals surface area contributed by atoms with Crippen LogP contribution >= 0.6 is 11.3 Å². The second-order valence-electron chi connectivity index (χ2n) is 8.67. The summed E-state index contributed by atoms with van der Waals surface area (Å²) in [7, 11) is -2.98. The fourth-order valence-electron chi connectivity index (χ4n) is 3.98. The predicted molar refractivity (Wildman–Crippen MR) is 148 cm³/mol. The molecule has 2 aromatic heterocycles. The van der Waals surface area contributed by atoms with Crippen molar-refractivity contribution >= 4 is 45.0 Å². The number of benzene rings is 1. The van der Waals surface area contributed by atoms with Crippen LogP contribution < -0.4 is 15.5 Å². The molecule has 1 unspecified atom stereocenters. The summed E-state index contributed by atoms with van der Waals surface area (Å²) < 4.78 is 33.4. The Morgan fingerprint density at radius 3 is 2.31 bits per heavy atom. The van der Waals surface area contributed by atoms with Crippen molar-refractivity contribution in [1.29, 1.82) is 0 Å². The number of aryl methyl sites for hydroxylation is 3. The van der Waals surface area contributed by atoms with Crippen LogP contribution in [-0.2, 0) is 19.6 Å². The summed E-state index contributed by atoms with van der Waals surface area (Å²) in [5.41, 5.74) is 4.90. The molecule has 3 aromatic rings. The largest absolute Gasteiger partial charge is 0.468 e. The minimum atomic E-state index is -4.11. The van der Waals surface area contributed by atoms with Crippen molar-refractivity contribution in [3.05, 3.63) is 75.1 Å². The van der Waals surface area contributed by atoms with Crippen LogP contribution in [0.5, 0.6) is 0 Å². The number of sulfonamides is 1. The highest BCUT2D eigenvalue weighted by Crippen LogP contribution is 2.22. The van der Waals surface area contributed by atoms with E-state index >= 15 is 0 Å². The van der Waals surface area contributed by atoms with Crippen LogP contribution in [0.15, 0.2) is 53.6 Å².